The van der Waals surface area contributed by atoms with Gasteiger partial charge in [0.15, 0.2) is 11.6 Å². The summed E-state index contributed by atoms with van der Waals surface area (Å²) in [5.41, 5.74) is 1.10. The van der Waals surface area contributed by atoms with Crippen molar-refractivity contribution in [2.45, 2.75) is 64.8 Å². The molecule has 0 aromatic heterocycles. The molecule has 2 aromatic rings. The molecule has 4 rings (SSSR count). The molecule has 2 fully saturated rings. The molecule has 0 bridgehead atoms. The number of amides is 4. The second-order valence-electron chi connectivity index (χ2n) is 13.4. The Morgan fingerprint density at radius 3 is 1.27 bits per heavy atom. The summed E-state index contributed by atoms with van der Waals surface area (Å²) in [5, 5.41) is 5.30. The lowest BCUT2D eigenvalue weighted by Gasteiger charge is -2.27. The Balaban J connectivity index is 1.26. The topological polar surface area (TPSA) is 151 Å². The Morgan fingerprint density at radius 1 is 0.625 bits per heavy atom. The first-order chi connectivity index (χ1) is 22.5. The fourth-order valence-corrected chi connectivity index (χ4v) is 7.08. The molecule has 2 aliphatic rings. The van der Waals surface area contributed by atoms with E-state index < -0.39 is 47.3 Å². The van der Waals surface area contributed by atoms with Crippen LogP contribution in [0.15, 0.2) is 48.5 Å². The molecule has 48 heavy (non-hydrogen) atoms. The van der Waals surface area contributed by atoms with Gasteiger partial charge in [0.25, 0.3) is 0 Å². The smallest absolute Gasteiger partial charge is 0.411 e. The van der Waals surface area contributed by atoms with E-state index in [9.17, 15) is 28.8 Å². The number of benzene rings is 2. The highest BCUT2D eigenvalue weighted by Gasteiger charge is 2.38. The van der Waals surface area contributed by atoms with Gasteiger partial charge < -0.3 is 20.1 Å². The number of hydrogen-bond acceptors (Lipinski definition) is 10. The number of carbonyl (C=O) groups is 6. The van der Waals surface area contributed by atoms with E-state index in [0.717, 1.165) is 11.1 Å². The number of Topliss-reactive ketones (excluding diaryl/α,β-unsaturated/α-hetero) is 2. The van der Waals surface area contributed by atoms with Crippen molar-refractivity contribution in [1.82, 2.24) is 20.4 Å². The zero-order valence-electron chi connectivity index (χ0n) is 28.0. The Morgan fingerprint density at radius 2 is 0.958 bits per heavy atom. The summed E-state index contributed by atoms with van der Waals surface area (Å²) in [5.74, 6) is 0.128. The van der Waals surface area contributed by atoms with Crippen LogP contribution in [0, 0.1) is 0 Å². The van der Waals surface area contributed by atoms with Crippen LogP contribution in [0.2, 0.25) is 0 Å². The number of ether oxygens (including phenoxy) is 2. The van der Waals surface area contributed by atoms with Crippen molar-refractivity contribution >= 4 is 59.1 Å². The second-order valence-corrected chi connectivity index (χ2v) is 15.4. The van der Waals surface area contributed by atoms with Crippen LogP contribution in [0.4, 0.5) is 9.59 Å². The molecular weight excluding hydrogens is 657 g/mol. The molecule has 0 spiro atoms. The summed E-state index contributed by atoms with van der Waals surface area (Å²) in [6, 6.07) is 12.3. The number of ketones is 2. The highest BCUT2D eigenvalue weighted by molar-refractivity contribution is 7.99. The van der Waals surface area contributed by atoms with Crippen LogP contribution in [-0.4, -0.2) is 105 Å². The molecule has 14 heteroatoms. The molecule has 2 aliphatic heterocycles. The largest absolute Gasteiger partial charge is 0.444 e. The van der Waals surface area contributed by atoms with Crippen molar-refractivity contribution in [3.05, 3.63) is 59.7 Å². The number of nitrogens with one attached hydrogen (secondary N) is 2. The van der Waals surface area contributed by atoms with Gasteiger partial charge in [0.2, 0.25) is 11.8 Å². The SMILES string of the molecule is CC(C)(C)OC(=O)N1CSC[C@H]1C(=O)NCC(=O)c1ccc(-c2ccc(C(=O)CNC(=O)[C@@H]3CSCN3C(=O)OC(C)(C)C)cc2)cc1. The molecule has 12 nitrogen and oxygen atoms in total. The predicted octanol–water partition coefficient (Wildman–Crippen LogP) is 4.57. The normalized spacial score (nSPS) is 17.9. The van der Waals surface area contributed by atoms with E-state index in [4.69, 9.17) is 9.47 Å². The maximum atomic E-state index is 12.8. The van der Waals surface area contributed by atoms with E-state index in [1.54, 1.807) is 90.1 Å². The van der Waals surface area contributed by atoms with Crippen LogP contribution in [0.1, 0.15) is 62.3 Å². The van der Waals surface area contributed by atoms with E-state index in [-0.39, 0.29) is 24.7 Å². The molecular formula is C34H42N4O8S2. The summed E-state index contributed by atoms with van der Waals surface area (Å²) in [6.45, 7) is 10.1. The van der Waals surface area contributed by atoms with E-state index in [0.29, 0.717) is 34.4 Å². The maximum Gasteiger partial charge on any atom is 0.411 e. The molecule has 2 aromatic carbocycles. The monoisotopic (exact) mass is 698 g/mol. The lowest BCUT2D eigenvalue weighted by atomic mass is 10.00. The number of hydrogen-bond donors (Lipinski definition) is 2. The molecule has 0 radical (unpaired) electrons. The van der Waals surface area contributed by atoms with Crippen LogP contribution in [0.25, 0.3) is 11.1 Å². The molecule has 2 N–H and O–H groups in total. The number of carbonyl (C=O) groups excluding carboxylic acids is 6. The van der Waals surface area contributed by atoms with Gasteiger partial charge in [0.1, 0.15) is 23.3 Å². The molecule has 2 saturated heterocycles. The van der Waals surface area contributed by atoms with Crippen molar-refractivity contribution in [2.24, 2.45) is 0 Å². The highest BCUT2D eigenvalue weighted by atomic mass is 32.2. The summed E-state index contributed by atoms with van der Waals surface area (Å²) < 4.78 is 10.8. The average Bonchev–Trinajstić information content (AvgIpc) is 3.72. The lowest BCUT2D eigenvalue weighted by molar-refractivity contribution is -0.125. The van der Waals surface area contributed by atoms with Crippen molar-refractivity contribution in [2.75, 3.05) is 36.3 Å². The maximum absolute atomic E-state index is 12.8. The molecule has 0 unspecified atom stereocenters. The van der Waals surface area contributed by atoms with Gasteiger partial charge in [0, 0.05) is 22.6 Å². The minimum absolute atomic E-state index is 0.215. The molecule has 4 amide bonds. The first-order valence-corrected chi connectivity index (χ1v) is 17.8. The highest BCUT2D eigenvalue weighted by Crippen LogP contribution is 2.25. The van der Waals surface area contributed by atoms with Gasteiger partial charge in [-0.15, -0.1) is 23.5 Å². The molecule has 2 heterocycles. The van der Waals surface area contributed by atoms with Gasteiger partial charge in [-0.05, 0) is 52.7 Å². The minimum atomic E-state index is -0.716. The molecule has 0 aliphatic carbocycles. The van der Waals surface area contributed by atoms with E-state index in [1.807, 2.05) is 0 Å². The van der Waals surface area contributed by atoms with Gasteiger partial charge in [-0.1, -0.05) is 48.5 Å². The van der Waals surface area contributed by atoms with Crippen LogP contribution in [-0.2, 0) is 19.1 Å². The Kier molecular flexibility index (Phi) is 11.8. The van der Waals surface area contributed by atoms with E-state index in [1.165, 1.54) is 33.3 Å². The number of rotatable bonds is 9. The van der Waals surface area contributed by atoms with Gasteiger partial charge in [-0.25, -0.2) is 9.59 Å². The van der Waals surface area contributed by atoms with E-state index in [2.05, 4.69) is 10.6 Å². The third-order valence-electron chi connectivity index (χ3n) is 7.22. The zero-order valence-corrected chi connectivity index (χ0v) is 29.6. The van der Waals surface area contributed by atoms with Crippen molar-refractivity contribution in [1.29, 1.82) is 0 Å². The standard InChI is InChI=1S/C34H42N4O8S2/c1-33(2,3)45-31(43)37-19-47-17-25(37)29(41)35-15-27(39)23-11-7-21(8-12-23)22-9-13-24(14-10-22)28(40)16-36-30(42)26-18-48-20-38(26)32(44)46-34(4,5)6/h7-14,25-26H,15-20H2,1-6H3,(H,35,41)(H,36,42)/t25-,26-/m0/s1. The zero-order chi connectivity index (χ0) is 35.2. The summed E-state index contributed by atoms with van der Waals surface area (Å²) in [7, 11) is 0. The third kappa shape index (κ3) is 9.99. The number of nitrogens with zero attached hydrogens (tertiary/aromatic N) is 2. The Bertz CT molecular complexity index is 1420. The van der Waals surface area contributed by atoms with Gasteiger partial charge in [-0.3, -0.25) is 29.0 Å². The number of thioether (sulfide) groups is 2. The van der Waals surface area contributed by atoms with Crippen LogP contribution in [0.3, 0.4) is 0 Å². The fraction of sp³-hybridized carbons (Fsp3) is 0.471. The Labute approximate surface area is 289 Å². The second kappa shape index (κ2) is 15.5. The molecule has 258 valence electrons. The predicted molar refractivity (Wildman–Crippen MR) is 185 cm³/mol. The lowest BCUT2D eigenvalue weighted by Crippen LogP contribution is -2.49. The van der Waals surface area contributed by atoms with Crippen LogP contribution >= 0.6 is 23.5 Å². The summed E-state index contributed by atoms with van der Waals surface area (Å²) >= 11 is 2.89. The first-order valence-electron chi connectivity index (χ1n) is 15.5. The quantitative estimate of drug-likeness (QED) is 0.357. The van der Waals surface area contributed by atoms with Crippen molar-refractivity contribution in [3.8, 4) is 11.1 Å². The van der Waals surface area contributed by atoms with Gasteiger partial charge in [-0.2, -0.15) is 0 Å². The Hall–Kier alpha value is -4.04. The van der Waals surface area contributed by atoms with Crippen LogP contribution < -0.4 is 10.6 Å². The summed E-state index contributed by atoms with van der Waals surface area (Å²) in [6.07, 6.45) is -1.13. The minimum Gasteiger partial charge on any atom is -0.444 e. The van der Waals surface area contributed by atoms with Gasteiger partial charge >= 0.3 is 12.2 Å². The fourth-order valence-electron chi connectivity index (χ4n) is 4.79. The summed E-state index contributed by atoms with van der Waals surface area (Å²) in [4.78, 5) is 79.0. The van der Waals surface area contributed by atoms with E-state index >= 15 is 0 Å². The molecule has 0 saturated carbocycles. The third-order valence-corrected chi connectivity index (χ3v) is 9.24. The van der Waals surface area contributed by atoms with Crippen molar-refractivity contribution < 1.29 is 38.2 Å². The van der Waals surface area contributed by atoms with Crippen molar-refractivity contribution in [3.63, 3.8) is 0 Å². The molecule has 2 atom stereocenters. The first kappa shape index (κ1) is 36.8. The average molecular weight is 699 g/mol. The van der Waals surface area contributed by atoms with Gasteiger partial charge in [0.05, 0.1) is 24.8 Å². The van der Waals surface area contributed by atoms with Crippen LogP contribution in [0.5, 0.6) is 0 Å².